The number of rotatable bonds is 7. The summed E-state index contributed by atoms with van der Waals surface area (Å²) in [6, 6.07) is 13.3. The Morgan fingerprint density at radius 2 is 1.91 bits per heavy atom. The summed E-state index contributed by atoms with van der Waals surface area (Å²) in [6.07, 6.45) is -5.00. The monoisotopic (exact) mass is 506 g/mol. The van der Waals surface area contributed by atoms with Gasteiger partial charge in [-0.3, -0.25) is 9.59 Å². The fourth-order valence-electron chi connectivity index (χ4n) is 3.71. The van der Waals surface area contributed by atoms with E-state index in [1.54, 1.807) is 42.5 Å². The van der Waals surface area contributed by atoms with Gasteiger partial charge in [0.25, 0.3) is 0 Å². The Morgan fingerprint density at radius 3 is 2.60 bits per heavy atom. The van der Waals surface area contributed by atoms with Crippen molar-refractivity contribution in [1.29, 1.82) is 0 Å². The van der Waals surface area contributed by atoms with Crippen molar-refractivity contribution < 1.29 is 37.3 Å². The molecule has 0 aliphatic carbocycles. The van der Waals surface area contributed by atoms with Crippen LogP contribution in [0.15, 0.2) is 54.6 Å². The molecule has 3 aromatic rings. The number of halogens is 3. The fourth-order valence-corrected chi connectivity index (χ4v) is 4.66. The second kappa shape index (κ2) is 9.96. The van der Waals surface area contributed by atoms with Crippen LogP contribution in [0, 0.1) is 0 Å². The minimum atomic E-state index is -4.49. The van der Waals surface area contributed by atoms with E-state index in [9.17, 15) is 22.8 Å². The third kappa shape index (κ3) is 5.57. The number of carboxylic acid groups (broad SMARTS) is 1. The number of alkyl halides is 3. The molecule has 0 fully saturated rings. The molecule has 1 amide bonds. The molecule has 0 saturated heterocycles. The number of carbonyl (C=O) groups excluding carboxylic acids is 1. The topological polar surface area (TPSA) is 102 Å². The van der Waals surface area contributed by atoms with Gasteiger partial charge in [0.1, 0.15) is 29.6 Å². The summed E-state index contributed by atoms with van der Waals surface area (Å²) < 4.78 is 52.2. The van der Waals surface area contributed by atoms with E-state index >= 15 is 0 Å². The van der Waals surface area contributed by atoms with E-state index in [1.165, 1.54) is 17.0 Å². The Morgan fingerprint density at radius 1 is 1.17 bits per heavy atom. The normalized spacial score (nSPS) is 14.1. The predicted molar refractivity (Wildman–Crippen MR) is 124 cm³/mol. The molecule has 2 heterocycles. The van der Waals surface area contributed by atoms with Crippen molar-refractivity contribution >= 4 is 28.9 Å². The zero-order valence-corrected chi connectivity index (χ0v) is 19.1. The Labute approximate surface area is 202 Å². The van der Waals surface area contributed by atoms with Gasteiger partial charge in [0, 0.05) is 16.5 Å². The first-order chi connectivity index (χ1) is 16.6. The Balaban J connectivity index is 1.51. The van der Waals surface area contributed by atoms with Gasteiger partial charge in [-0.25, -0.2) is 0 Å². The number of carbonyl (C=O) groups is 2. The van der Waals surface area contributed by atoms with E-state index in [1.807, 2.05) is 0 Å². The van der Waals surface area contributed by atoms with Gasteiger partial charge in [0.15, 0.2) is 0 Å². The molecule has 35 heavy (non-hydrogen) atoms. The van der Waals surface area contributed by atoms with Crippen molar-refractivity contribution in [2.75, 3.05) is 18.1 Å². The van der Waals surface area contributed by atoms with E-state index in [0.29, 0.717) is 39.0 Å². The number of hydrogen-bond donors (Lipinski definition) is 2. The Hall–Kier alpha value is -3.57. The van der Waals surface area contributed by atoms with Gasteiger partial charge >= 0.3 is 12.1 Å². The maximum atomic E-state index is 13.6. The average Bonchev–Trinajstić information content (AvgIpc) is 3.27. The molecule has 0 radical (unpaired) electrons. The molecule has 2 aromatic carbocycles. The molecule has 7 nitrogen and oxygen atoms in total. The van der Waals surface area contributed by atoms with Crippen molar-refractivity contribution in [2.45, 2.75) is 25.2 Å². The number of benzene rings is 2. The number of hydrogen-bond acceptors (Lipinski definition) is 6. The highest BCUT2D eigenvalue weighted by Crippen LogP contribution is 2.43. The van der Waals surface area contributed by atoms with E-state index in [2.05, 4.69) is 0 Å². The lowest BCUT2D eigenvalue weighted by Crippen LogP contribution is -2.48. The first kappa shape index (κ1) is 24.6. The second-order valence-electron chi connectivity index (χ2n) is 7.78. The van der Waals surface area contributed by atoms with Crippen LogP contribution in [0.5, 0.6) is 11.5 Å². The second-order valence-corrected chi connectivity index (χ2v) is 8.92. The maximum absolute atomic E-state index is 13.6. The van der Waals surface area contributed by atoms with E-state index < -0.39 is 35.4 Å². The number of nitrogens with two attached hydrogens (primary N) is 1. The molecule has 0 saturated carbocycles. The van der Waals surface area contributed by atoms with Crippen molar-refractivity contribution in [2.24, 2.45) is 5.73 Å². The number of carboxylic acids is 1. The molecule has 0 bridgehead atoms. The van der Waals surface area contributed by atoms with Crippen LogP contribution in [0.2, 0.25) is 0 Å². The van der Waals surface area contributed by atoms with Crippen LogP contribution in [-0.2, 0) is 22.4 Å². The highest BCUT2D eigenvalue weighted by Gasteiger charge is 2.36. The molecule has 1 aromatic heterocycles. The molecule has 0 unspecified atom stereocenters. The maximum Gasteiger partial charge on any atom is 0.426 e. The van der Waals surface area contributed by atoms with Crippen LogP contribution in [-0.4, -0.2) is 36.2 Å². The van der Waals surface area contributed by atoms with Gasteiger partial charge in [-0.05, 0) is 23.8 Å². The first-order valence-corrected chi connectivity index (χ1v) is 11.4. The van der Waals surface area contributed by atoms with Crippen LogP contribution in [0.4, 0.5) is 18.9 Å². The highest BCUT2D eigenvalue weighted by molar-refractivity contribution is 7.12. The zero-order chi connectivity index (χ0) is 25.2. The molecule has 11 heteroatoms. The molecule has 1 aliphatic heterocycles. The van der Waals surface area contributed by atoms with E-state index in [4.69, 9.17) is 20.3 Å². The number of thiophene rings is 1. The zero-order valence-electron chi connectivity index (χ0n) is 18.2. The molecule has 184 valence electrons. The number of ether oxygens (including phenoxy) is 2. The Kier molecular flexibility index (Phi) is 6.99. The fraction of sp³-hybridized carbons (Fsp3) is 0.250. The number of fused-ring (bicyclic) bond motifs is 1. The van der Waals surface area contributed by atoms with Crippen molar-refractivity contribution in [1.82, 2.24) is 0 Å². The lowest BCUT2D eigenvalue weighted by atomic mass is 10.1. The van der Waals surface area contributed by atoms with Crippen LogP contribution >= 0.6 is 11.3 Å². The summed E-state index contributed by atoms with van der Waals surface area (Å²) >= 11 is 0.626. The number of aliphatic carboxylic acids is 1. The first-order valence-electron chi connectivity index (χ1n) is 10.6. The molecule has 0 spiro atoms. The predicted octanol–water partition coefficient (Wildman–Crippen LogP) is 4.54. The van der Waals surface area contributed by atoms with Gasteiger partial charge in [-0.15, -0.1) is 11.3 Å². The van der Waals surface area contributed by atoms with Gasteiger partial charge < -0.3 is 25.2 Å². The van der Waals surface area contributed by atoms with E-state index in [-0.39, 0.29) is 25.3 Å². The van der Waals surface area contributed by atoms with Crippen molar-refractivity contribution in [3.63, 3.8) is 0 Å². The summed E-state index contributed by atoms with van der Waals surface area (Å²) in [5.74, 6) is -1.05. The molecule has 1 aliphatic rings. The largest absolute Gasteiger partial charge is 0.489 e. The summed E-state index contributed by atoms with van der Waals surface area (Å²) in [6.45, 7) is 0.283. The molecule has 1 atom stereocenters. The SMILES string of the molecule is N[C@H](CC(=O)O)C(=O)N1CCOc2cc(OCc3cc(-c4ccccc4)c(C(F)(F)F)s3)ccc21. The van der Waals surface area contributed by atoms with Gasteiger partial charge in [-0.2, -0.15) is 13.2 Å². The van der Waals surface area contributed by atoms with Crippen LogP contribution in [0.3, 0.4) is 0 Å². The minimum absolute atomic E-state index is 0.0918. The lowest BCUT2D eigenvalue weighted by molar-refractivity contribution is -0.139. The number of amides is 1. The summed E-state index contributed by atoms with van der Waals surface area (Å²) in [4.78, 5) is 24.5. The smallest absolute Gasteiger partial charge is 0.426 e. The van der Waals surface area contributed by atoms with Crippen LogP contribution in [0.1, 0.15) is 16.2 Å². The quantitative estimate of drug-likeness (QED) is 0.488. The van der Waals surface area contributed by atoms with Crippen LogP contribution < -0.4 is 20.1 Å². The molecule has 4 rings (SSSR count). The molecular weight excluding hydrogens is 485 g/mol. The lowest BCUT2D eigenvalue weighted by Gasteiger charge is -2.31. The van der Waals surface area contributed by atoms with Gasteiger partial charge in [-0.1, -0.05) is 30.3 Å². The minimum Gasteiger partial charge on any atom is -0.489 e. The molecular formula is C24H21F3N2O5S. The van der Waals surface area contributed by atoms with Crippen molar-refractivity contribution in [3.05, 3.63) is 64.4 Å². The third-order valence-corrected chi connectivity index (χ3v) is 6.43. The molecule has 3 N–H and O–H groups in total. The Bertz CT molecular complexity index is 1230. The summed E-state index contributed by atoms with van der Waals surface area (Å²) in [7, 11) is 0. The summed E-state index contributed by atoms with van der Waals surface area (Å²) in [5.41, 5.74) is 6.70. The number of anilines is 1. The summed E-state index contributed by atoms with van der Waals surface area (Å²) in [5, 5.41) is 8.89. The van der Waals surface area contributed by atoms with Crippen LogP contribution in [0.25, 0.3) is 11.1 Å². The highest BCUT2D eigenvalue weighted by atomic mass is 32.1. The third-order valence-electron chi connectivity index (χ3n) is 5.28. The van der Waals surface area contributed by atoms with Gasteiger partial charge in [0.05, 0.1) is 24.7 Å². The standard InChI is InChI=1S/C24H21F3N2O5S/c25-24(26,27)22-17(14-4-2-1-3-5-14)11-16(35-22)13-34-15-6-7-19-20(10-15)33-9-8-29(19)23(32)18(28)12-21(30)31/h1-7,10-11,18H,8-9,12-13,28H2,(H,30,31)/t18-/m1/s1. The van der Waals surface area contributed by atoms with Gasteiger partial charge in [0.2, 0.25) is 5.91 Å². The van der Waals surface area contributed by atoms with Crippen molar-refractivity contribution in [3.8, 4) is 22.6 Å². The average molecular weight is 507 g/mol. The van der Waals surface area contributed by atoms with E-state index in [0.717, 1.165) is 0 Å². The number of nitrogens with zero attached hydrogens (tertiary/aromatic N) is 1.